The Hall–Kier alpha value is -3.36. The summed E-state index contributed by atoms with van der Waals surface area (Å²) in [6, 6.07) is 14.6. The second-order valence-corrected chi connectivity index (χ2v) is 7.64. The number of nitrogens with one attached hydrogen (secondary N) is 1. The van der Waals surface area contributed by atoms with E-state index in [0.717, 1.165) is 9.48 Å². The van der Waals surface area contributed by atoms with Crippen molar-refractivity contribution in [2.75, 3.05) is 5.01 Å². The summed E-state index contributed by atoms with van der Waals surface area (Å²) in [4.78, 5) is 36.2. The highest BCUT2D eigenvalue weighted by atomic mass is 79.9. The molecule has 4 rings (SSSR count). The number of nitrogens with zero attached hydrogens (tertiary/aromatic N) is 1. The van der Waals surface area contributed by atoms with Crippen LogP contribution in [0.2, 0.25) is 5.02 Å². The highest BCUT2D eigenvalue weighted by Gasteiger charge is 2.34. The van der Waals surface area contributed by atoms with Crippen LogP contribution in [0.5, 0.6) is 0 Å². The normalized spacial score (nSPS) is 15.0. The van der Waals surface area contributed by atoms with Crippen LogP contribution >= 0.6 is 27.5 Å². The van der Waals surface area contributed by atoms with Crippen molar-refractivity contribution < 1.29 is 23.9 Å². The standard InChI is InChI=1S/C21H12BrClN2O5/c22-12-2-4-13(5-3-12)25-20(27)16(19(26)24-25)10-14-6-8-18(30-14)11-1-7-17(23)15(9-11)21(28)29/h1-10H,(H,24,26)(H,28,29). The first-order valence-corrected chi connectivity index (χ1v) is 9.76. The van der Waals surface area contributed by atoms with Crippen LogP contribution in [0.1, 0.15) is 16.1 Å². The van der Waals surface area contributed by atoms with Crippen LogP contribution in [0.4, 0.5) is 5.69 Å². The highest BCUT2D eigenvalue weighted by Crippen LogP contribution is 2.29. The molecule has 0 atom stereocenters. The van der Waals surface area contributed by atoms with Gasteiger partial charge in [-0.1, -0.05) is 27.5 Å². The lowest BCUT2D eigenvalue weighted by Crippen LogP contribution is -2.35. The first kappa shape index (κ1) is 19.9. The zero-order chi connectivity index (χ0) is 21.4. The van der Waals surface area contributed by atoms with Crippen molar-refractivity contribution >= 4 is 57.1 Å². The highest BCUT2D eigenvalue weighted by molar-refractivity contribution is 9.10. The Balaban J connectivity index is 1.62. The molecule has 30 heavy (non-hydrogen) atoms. The summed E-state index contributed by atoms with van der Waals surface area (Å²) in [5.41, 5.74) is 3.39. The maximum absolute atomic E-state index is 12.7. The van der Waals surface area contributed by atoms with Gasteiger partial charge in [0.15, 0.2) is 0 Å². The number of hydrazine groups is 1. The summed E-state index contributed by atoms with van der Waals surface area (Å²) in [6.07, 6.45) is 1.34. The van der Waals surface area contributed by atoms with Crippen molar-refractivity contribution in [3.05, 3.63) is 81.0 Å². The molecule has 1 aliphatic rings. The van der Waals surface area contributed by atoms with E-state index in [1.807, 2.05) is 0 Å². The Morgan fingerprint density at radius 2 is 1.83 bits per heavy atom. The first-order valence-electron chi connectivity index (χ1n) is 8.59. The molecule has 1 saturated heterocycles. The van der Waals surface area contributed by atoms with Crippen molar-refractivity contribution in [1.82, 2.24) is 5.43 Å². The molecule has 0 unspecified atom stereocenters. The van der Waals surface area contributed by atoms with Crippen molar-refractivity contribution in [3.8, 4) is 11.3 Å². The fourth-order valence-corrected chi connectivity index (χ4v) is 3.36. The molecule has 1 fully saturated rings. The van der Waals surface area contributed by atoms with E-state index in [0.29, 0.717) is 17.0 Å². The molecule has 3 aromatic rings. The maximum atomic E-state index is 12.7. The quantitative estimate of drug-likeness (QED) is 0.416. The van der Waals surface area contributed by atoms with Crippen molar-refractivity contribution in [2.24, 2.45) is 0 Å². The van der Waals surface area contributed by atoms with Gasteiger partial charge < -0.3 is 9.52 Å². The van der Waals surface area contributed by atoms with Gasteiger partial charge in [0.05, 0.1) is 16.3 Å². The number of benzene rings is 2. The predicted molar refractivity (Wildman–Crippen MR) is 114 cm³/mol. The van der Waals surface area contributed by atoms with Gasteiger partial charge in [0.1, 0.15) is 17.1 Å². The van der Waals surface area contributed by atoms with E-state index in [2.05, 4.69) is 21.4 Å². The molecule has 1 aliphatic heterocycles. The lowest BCUT2D eigenvalue weighted by molar-refractivity contribution is -0.117. The second-order valence-electron chi connectivity index (χ2n) is 6.32. The second kappa shape index (κ2) is 7.81. The minimum atomic E-state index is -1.16. The first-order chi connectivity index (χ1) is 14.3. The molecule has 2 aromatic carbocycles. The number of carbonyl (C=O) groups is 3. The van der Waals surface area contributed by atoms with E-state index >= 15 is 0 Å². The van der Waals surface area contributed by atoms with Gasteiger partial charge in [-0.3, -0.25) is 15.0 Å². The fraction of sp³-hybridized carbons (Fsp3) is 0. The smallest absolute Gasteiger partial charge is 0.337 e. The largest absolute Gasteiger partial charge is 0.478 e. The van der Waals surface area contributed by atoms with E-state index in [-0.39, 0.29) is 21.9 Å². The SMILES string of the molecule is O=C1NN(c2ccc(Br)cc2)C(=O)C1=Cc1ccc(-c2ccc(Cl)c(C(=O)O)c2)o1. The van der Waals surface area contributed by atoms with E-state index in [4.69, 9.17) is 16.0 Å². The van der Waals surface area contributed by atoms with Gasteiger partial charge >= 0.3 is 5.97 Å². The minimum Gasteiger partial charge on any atom is -0.478 e. The third-order valence-corrected chi connectivity index (χ3v) is 5.23. The van der Waals surface area contributed by atoms with Crippen LogP contribution in [0.25, 0.3) is 17.4 Å². The molecule has 0 radical (unpaired) electrons. The molecule has 0 aliphatic carbocycles. The van der Waals surface area contributed by atoms with E-state index in [1.54, 1.807) is 42.5 Å². The van der Waals surface area contributed by atoms with Crippen LogP contribution in [0.15, 0.2) is 69.1 Å². The molecule has 2 heterocycles. The van der Waals surface area contributed by atoms with Gasteiger partial charge in [0.2, 0.25) is 0 Å². The van der Waals surface area contributed by atoms with Crippen LogP contribution in [0, 0.1) is 0 Å². The summed E-state index contributed by atoms with van der Waals surface area (Å²) in [5, 5.41) is 10.5. The molecule has 0 spiro atoms. The van der Waals surface area contributed by atoms with Crippen LogP contribution in [-0.4, -0.2) is 22.9 Å². The number of hydrogen-bond donors (Lipinski definition) is 2. The number of halogens is 2. The lowest BCUT2D eigenvalue weighted by atomic mass is 10.1. The third-order valence-electron chi connectivity index (χ3n) is 4.37. The number of aromatic carboxylic acids is 1. The monoisotopic (exact) mass is 486 g/mol. The molecular weight excluding hydrogens is 476 g/mol. The number of rotatable bonds is 4. The van der Waals surface area contributed by atoms with E-state index < -0.39 is 17.8 Å². The van der Waals surface area contributed by atoms with Gasteiger partial charge in [0.25, 0.3) is 11.8 Å². The third kappa shape index (κ3) is 3.74. The summed E-state index contributed by atoms with van der Waals surface area (Å²) in [6.45, 7) is 0. The van der Waals surface area contributed by atoms with E-state index in [1.165, 1.54) is 18.2 Å². The van der Waals surface area contributed by atoms with Gasteiger partial charge in [-0.05, 0) is 60.7 Å². The van der Waals surface area contributed by atoms with Gasteiger partial charge in [0, 0.05) is 10.0 Å². The molecule has 9 heteroatoms. The predicted octanol–water partition coefficient (Wildman–Crippen LogP) is 4.52. The average molecular weight is 488 g/mol. The number of carboxylic acids is 1. The number of amides is 2. The topological polar surface area (TPSA) is 99.9 Å². The zero-order valence-electron chi connectivity index (χ0n) is 15.1. The molecule has 2 N–H and O–H groups in total. The summed E-state index contributed by atoms with van der Waals surface area (Å²) < 4.78 is 6.53. The number of hydrogen-bond acceptors (Lipinski definition) is 4. The zero-order valence-corrected chi connectivity index (χ0v) is 17.4. The average Bonchev–Trinajstić information content (AvgIpc) is 3.29. The number of carbonyl (C=O) groups excluding carboxylic acids is 2. The van der Waals surface area contributed by atoms with Crippen LogP contribution < -0.4 is 10.4 Å². The minimum absolute atomic E-state index is 0.0547. The van der Waals surface area contributed by atoms with Gasteiger partial charge in [-0.25, -0.2) is 9.80 Å². The number of anilines is 1. The maximum Gasteiger partial charge on any atom is 0.337 e. The molecule has 0 bridgehead atoms. The molecule has 2 amide bonds. The molecule has 150 valence electrons. The number of carboxylic acid groups (broad SMARTS) is 1. The fourth-order valence-electron chi connectivity index (χ4n) is 2.90. The van der Waals surface area contributed by atoms with Gasteiger partial charge in [-0.15, -0.1) is 0 Å². The summed E-state index contributed by atoms with van der Waals surface area (Å²) >= 11 is 9.21. The van der Waals surface area contributed by atoms with Crippen molar-refractivity contribution in [2.45, 2.75) is 0 Å². The van der Waals surface area contributed by atoms with Gasteiger partial charge in [-0.2, -0.15) is 0 Å². The van der Waals surface area contributed by atoms with Crippen molar-refractivity contribution in [3.63, 3.8) is 0 Å². The summed E-state index contributed by atoms with van der Waals surface area (Å²) in [5.74, 6) is -1.58. The Labute approximate surface area is 183 Å². The van der Waals surface area contributed by atoms with E-state index in [9.17, 15) is 19.5 Å². The Morgan fingerprint density at radius 3 is 2.53 bits per heavy atom. The Bertz CT molecular complexity index is 1220. The molecule has 1 aromatic heterocycles. The van der Waals surface area contributed by atoms with Crippen LogP contribution in [-0.2, 0) is 9.59 Å². The summed E-state index contributed by atoms with van der Waals surface area (Å²) in [7, 11) is 0. The van der Waals surface area contributed by atoms with Crippen LogP contribution in [0.3, 0.4) is 0 Å². The van der Waals surface area contributed by atoms with Crippen molar-refractivity contribution in [1.29, 1.82) is 0 Å². The number of furan rings is 1. The Morgan fingerprint density at radius 1 is 1.10 bits per heavy atom. The lowest BCUT2D eigenvalue weighted by Gasteiger charge is -2.14. The molecular formula is C21H12BrClN2O5. The Kier molecular flexibility index (Phi) is 5.19. The molecule has 0 saturated carbocycles. The molecule has 7 nitrogen and oxygen atoms in total.